The highest BCUT2D eigenvalue weighted by atomic mass is 16.7. The lowest BCUT2D eigenvalue weighted by Gasteiger charge is -2.37. The summed E-state index contributed by atoms with van der Waals surface area (Å²) in [6.45, 7) is 0.419. The van der Waals surface area contributed by atoms with Gasteiger partial charge in [0.05, 0.1) is 0 Å². The molecule has 23 heavy (non-hydrogen) atoms. The largest absolute Gasteiger partial charge is 0.435 e. The average molecular weight is 310 g/mol. The van der Waals surface area contributed by atoms with Gasteiger partial charge in [0, 0.05) is 13.6 Å². The summed E-state index contributed by atoms with van der Waals surface area (Å²) in [7, 11) is 1.46. The van der Waals surface area contributed by atoms with E-state index < -0.39 is 12.1 Å². The monoisotopic (exact) mass is 310 g/mol. The van der Waals surface area contributed by atoms with E-state index in [2.05, 4.69) is 0 Å². The third-order valence-corrected chi connectivity index (χ3v) is 3.90. The summed E-state index contributed by atoms with van der Waals surface area (Å²) in [5, 5.41) is 1.01. The van der Waals surface area contributed by atoms with Crippen LogP contribution in [0.25, 0.3) is 0 Å². The Hall–Kier alpha value is -2.82. The number of hydrogen-bond acceptors (Lipinski definition) is 3. The van der Waals surface area contributed by atoms with E-state index in [0.29, 0.717) is 13.0 Å². The van der Waals surface area contributed by atoms with E-state index in [9.17, 15) is 9.59 Å². The first-order chi connectivity index (χ1) is 11.2. The fourth-order valence-electron chi connectivity index (χ4n) is 2.70. The van der Waals surface area contributed by atoms with Gasteiger partial charge in [-0.1, -0.05) is 60.7 Å². The number of carbonyl (C=O) groups excluding carboxylic acids is 2. The first-order valence-corrected chi connectivity index (χ1v) is 7.52. The number of benzene rings is 2. The average Bonchev–Trinajstić information content (AvgIpc) is 2.58. The number of rotatable bonds is 4. The zero-order valence-electron chi connectivity index (χ0n) is 12.9. The molecule has 0 spiro atoms. The Labute approximate surface area is 135 Å². The van der Waals surface area contributed by atoms with Gasteiger partial charge < -0.3 is 4.84 Å². The minimum Gasteiger partial charge on any atom is -0.319 e. The fourth-order valence-corrected chi connectivity index (χ4v) is 2.70. The van der Waals surface area contributed by atoms with E-state index in [1.165, 1.54) is 11.9 Å². The number of hydroxylamine groups is 2. The summed E-state index contributed by atoms with van der Waals surface area (Å²) in [5.74, 6) is -0.246. The van der Waals surface area contributed by atoms with Crippen LogP contribution in [-0.4, -0.2) is 35.6 Å². The van der Waals surface area contributed by atoms with Gasteiger partial charge in [-0.25, -0.2) is 4.79 Å². The lowest BCUT2D eigenvalue weighted by Crippen LogP contribution is -2.52. The third-order valence-electron chi connectivity index (χ3n) is 3.90. The standard InChI is InChI=1S/C18H18N2O3/c1-19-17(21)16(15-10-6-3-7-11-15)20(18(22)23-19)13-12-14-8-4-2-5-9-14/h2-11,16H,12-13H2,1H3. The van der Waals surface area contributed by atoms with E-state index >= 15 is 0 Å². The van der Waals surface area contributed by atoms with Crippen LogP contribution in [0.1, 0.15) is 17.2 Å². The molecule has 1 aliphatic rings. The number of nitrogens with zero attached hydrogens (tertiary/aromatic N) is 2. The van der Waals surface area contributed by atoms with Crippen molar-refractivity contribution in [2.45, 2.75) is 12.5 Å². The maximum absolute atomic E-state index is 12.5. The van der Waals surface area contributed by atoms with Crippen LogP contribution in [0.4, 0.5) is 4.79 Å². The lowest BCUT2D eigenvalue weighted by molar-refractivity contribution is -0.180. The van der Waals surface area contributed by atoms with Gasteiger partial charge in [-0.05, 0) is 17.5 Å². The van der Waals surface area contributed by atoms with Crippen LogP contribution in [-0.2, 0) is 16.1 Å². The highest BCUT2D eigenvalue weighted by molar-refractivity contribution is 5.89. The van der Waals surface area contributed by atoms with Crippen molar-refractivity contribution in [3.63, 3.8) is 0 Å². The molecule has 5 heteroatoms. The number of carbonyl (C=O) groups is 2. The highest BCUT2D eigenvalue weighted by Gasteiger charge is 2.40. The fraction of sp³-hybridized carbons (Fsp3) is 0.222. The SMILES string of the molecule is CN1OC(=O)N(CCc2ccccc2)C(c2ccccc2)C1=O. The van der Waals surface area contributed by atoms with Crippen LogP contribution in [0.2, 0.25) is 0 Å². The Morgan fingerprint density at radius 2 is 1.57 bits per heavy atom. The first kappa shape index (κ1) is 15.1. The van der Waals surface area contributed by atoms with Crippen LogP contribution in [0, 0.1) is 0 Å². The van der Waals surface area contributed by atoms with Crippen LogP contribution < -0.4 is 0 Å². The third kappa shape index (κ3) is 3.18. The molecule has 0 saturated carbocycles. The van der Waals surface area contributed by atoms with Crippen molar-refractivity contribution in [1.29, 1.82) is 0 Å². The van der Waals surface area contributed by atoms with Crippen molar-refractivity contribution in [3.05, 3.63) is 71.8 Å². The van der Waals surface area contributed by atoms with Gasteiger partial charge in [0.25, 0.3) is 5.91 Å². The molecule has 0 N–H and O–H groups in total. The zero-order chi connectivity index (χ0) is 16.2. The molecule has 2 aromatic carbocycles. The van der Waals surface area contributed by atoms with Gasteiger partial charge in [0.1, 0.15) is 6.04 Å². The van der Waals surface area contributed by atoms with Crippen LogP contribution >= 0.6 is 0 Å². The van der Waals surface area contributed by atoms with Crippen LogP contribution in [0.15, 0.2) is 60.7 Å². The Balaban J connectivity index is 1.85. The quantitative estimate of drug-likeness (QED) is 0.872. The smallest absolute Gasteiger partial charge is 0.319 e. The van der Waals surface area contributed by atoms with Crippen molar-refractivity contribution in [3.8, 4) is 0 Å². The minimum absolute atomic E-state index is 0.246. The molecule has 0 radical (unpaired) electrons. The summed E-state index contributed by atoms with van der Waals surface area (Å²) in [4.78, 5) is 31.3. The molecule has 1 heterocycles. The molecular weight excluding hydrogens is 292 g/mol. The second-order valence-electron chi connectivity index (χ2n) is 5.44. The van der Waals surface area contributed by atoms with Crippen molar-refractivity contribution >= 4 is 12.0 Å². The lowest BCUT2D eigenvalue weighted by atomic mass is 10.0. The molecule has 2 amide bonds. The summed E-state index contributed by atoms with van der Waals surface area (Å²) in [6.07, 6.45) is 0.160. The number of hydrogen-bond donors (Lipinski definition) is 0. The van der Waals surface area contributed by atoms with Crippen molar-refractivity contribution in [2.24, 2.45) is 0 Å². The first-order valence-electron chi connectivity index (χ1n) is 7.52. The minimum atomic E-state index is -0.647. The predicted octanol–water partition coefficient (Wildman–Crippen LogP) is 2.80. The molecule has 118 valence electrons. The molecule has 3 rings (SSSR count). The van der Waals surface area contributed by atoms with Crippen LogP contribution in [0.3, 0.4) is 0 Å². The Morgan fingerprint density at radius 3 is 2.22 bits per heavy atom. The summed E-state index contributed by atoms with van der Waals surface area (Å²) >= 11 is 0. The second-order valence-corrected chi connectivity index (χ2v) is 5.44. The molecule has 1 fully saturated rings. The maximum atomic E-state index is 12.5. The van der Waals surface area contributed by atoms with Gasteiger partial charge in [0.15, 0.2) is 0 Å². The molecule has 1 atom stereocenters. The summed E-state index contributed by atoms with van der Waals surface area (Å²) in [5.41, 5.74) is 1.90. The molecule has 0 aliphatic carbocycles. The predicted molar refractivity (Wildman–Crippen MR) is 85.3 cm³/mol. The topological polar surface area (TPSA) is 49.9 Å². The Bertz CT molecular complexity index is 688. The van der Waals surface area contributed by atoms with Gasteiger partial charge in [-0.2, -0.15) is 5.06 Å². The second kappa shape index (κ2) is 6.52. The molecule has 0 aromatic heterocycles. The summed E-state index contributed by atoms with van der Waals surface area (Å²) < 4.78 is 0. The summed E-state index contributed by atoms with van der Waals surface area (Å²) in [6, 6.07) is 18.5. The molecule has 0 bridgehead atoms. The van der Waals surface area contributed by atoms with E-state index in [-0.39, 0.29) is 5.91 Å². The zero-order valence-corrected chi connectivity index (χ0v) is 12.9. The van der Waals surface area contributed by atoms with E-state index in [1.54, 1.807) is 0 Å². The van der Waals surface area contributed by atoms with E-state index in [4.69, 9.17) is 4.84 Å². The maximum Gasteiger partial charge on any atom is 0.435 e. The van der Waals surface area contributed by atoms with E-state index in [1.807, 2.05) is 60.7 Å². The molecule has 1 unspecified atom stereocenters. The molecular formula is C18H18N2O3. The van der Waals surface area contributed by atoms with Gasteiger partial charge in [-0.15, -0.1) is 0 Å². The number of likely N-dealkylation sites (N-methyl/N-ethyl adjacent to an activating group) is 1. The van der Waals surface area contributed by atoms with Crippen molar-refractivity contribution in [1.82, 2.24) is 9.96 Å². The molecule has 2 aromatic rings. The van der Waals surface area contributed by atoms with Gasteiger partial charge in [0.2, 0.25) is 0 Å². The van der Waals surface area contributed by atoms with Crippen molar-refractivity contribution in [2.75, 3.05) is 13.6 Å². The van der Waals surface area contributed by atoms with Gasteiger partial charge >= 0.3 is 6.09 Å². The normalized spacial score (nSPS) is 18.0. The number of amides is 2. The van der Waals surface area contributed by atoms with Crippen molar-refractivity contribution < 1.29 is 14.4 Å². The van der Waals surface area contributed by atoms with Crippen LogP contribution in [0.5, 0.6) is 0 Å². The molecule has 1 aliphatic heterocycles. The molecule has 5 nitrogen and oxygen atoms in total. The van der Waals surface area contributed by atoms with Gasteiger partial charge in [-0.3, -0.25) is 9.69 Å². The highest BCUT2D eigenvalue weighted by Crippen LogP contribution is 2.28. The Kier molecular flexibility index (Phi) is 4.28. The Morgan fingerprint density at radius 1 is 0.957 bits per heavy atom. The van der Waals surface area contributed by atoms with E-state index in [0.717, 1.165) is 16.2 Å². The molecule has 1 saturated heterocycles.